The number of nitrogens with zero attached hydrogens (tertiary/aromatic N) is 1. The van der Waals surface area contributed by atoms with Crippen LogP contribution in [-0.4, -0.2) is 46.2 Å². The normalized spacial score (nSPS) is 11.5. The molecule has 0 saturated carbocycles. The Hall–Kier alpha value is -5.90. The summed E-state index contributed by atoms with van der Waals surface area (Å²) in [6.07, 6.45) is 0.573. The fourth-order valence-corrected chi connectivity index (χ4v) is 5.29. The summed E-state index contributed by atoms with van der Waals surface area (Å²) >= 11 is 0. The molecule has 4 aromatic carbocycles. The van der Waals surface area contributed by atoms with Crippen molar-refractivity contribution in [1.82, 2.24) is 15.2 Å². The van der Waals surface area contributed by atoms with Crippen molar-refractivity contribution in [2.24, 2.45) is 0 Å². The third-order valence-corrected chi connectivity index (χ3v) is 7.64. The number of hydrogen-bond donors (Lipinski definition) is 3. The third-order valence-electron chi connectivity index (χ3n) is 7.64. The zero-order chi connectivity index (χ0) is 36.8. The first-order valence-corrected chi connectivity index (χ1v) is 16.8. The summed E-state index contributed by atoms with van der Waals surface area (Å²) in [5.41, 5.74) is 3.84. The van der Waals surface area contributed by atoms with Gasteiger partial charge in [0, 0.05) is 29.3 Å². The van der Waals surface area contributed by atoms with Gasteiger partial charge >= 0.3 is 12.2 Å². The first-order valence-electron chi connectivity index (χ1n) is 16.8. The molecule has 0 aliphatic heterocycles. The summed E-state index contributed by atoms with van der Waals surface area (Å²) in [5.74, 6) is 0.357. The molecule has 0 fully saturated rings. The molecule has 0 radical (unpaired) electrons. The largest absolute Gasteiger partial charge is 0.489 e. The molecule has 264 valence electrons. The fraction of sp³-hybridized carbons (Fsp3) is 0.268. The van der Waals surface area contributed by atoms with Crippen LogP contribution in [0.4, 0.5) is 9.59 Å². The summed E-state index contributed by atoms with van der Waals surface area (Å²) in [6, 6.07) is 30.8. The van der Waals surface area contributed by atoms with Crippen LogP contribution in [0.25, 0.3) is 22.0 Å². The quantitative estimate of drug-likeness (QED) is 0.105. The Kier molecular flexibility index (Phi) is 10.9. The maximum Gasteiger partial charge on any atom is 0.419 e. The van der Waals surface area contributed by atoms with Crippen LogP contribution in [-0.2, 0) is 22.5 Å². The minimum absolute atomic E-state index is 0.201. The zero-order valence-corrected chi connectivity index (χ0v) is 29.8. The number of fused-ring (bicyclic) bond motifs is 1. The lowest BCUT2D eigenvalue weighted by molar-refractivity contribution is 0.0540. The van der Waals surface area contributed by atoms with Gasteiger partial charge in [-0.3, -0.25) is 20.1 Å². The van der Waals surface area contributed by atoms with Crippen molar-refractivity contribution in [1.29, 1.82) is 5.41 Å². The Bertz CT molecular complexity index is 2020. The van der Waals surface area contributed by atoms with Crippen molar-refractivity contribution < 1.29 is 28.6 Å². The lowest BCUT2D eigenvalue weighted by atomic mass is 10.0. The Balaban J connectivity index is 1.22. The number of nitrogens with one attached hydrogen (secondary N) is 3. The van der Waals surface area contributed by atoms with E-state index in [-0.39, 0.29) is 11.7 Å². The second-order valence-electron chi connectivity index (χ2n) is 14.1. The molecular formula is C41H44N4O6. The molecule has 1 aromatic heterocycles. The minimum atomic E-state index is -0.778. The number of carbonyl (C=O) groups is 3. The molecule has 51 heavy (non-hydrogen) atoms. The van der Waals surface area contributed by atoms with E-state index in [9.17, 15) is 14.4 Å². The van der Waals surface area contributed by atoms with Crippen LogP contribution in [0.1, 0.15) is 68.6 Å². The molecule has 5 rings (SSSR count). The summed E-state index contributed by atoms with van der Waals surface area (Å²) < 4.78 is 18.1. The van der Waals surface area contributed by atoms with Gasteiger partial charge in [0.05, 0.1) is 5.52 Å². The van der Waals surface area contributed by atoms with Gasteiger partial charge in [-0.05, 0) is 107 Å². The highest BCUT2D eigenvalue weighted by molar-refractivity contribution is 6.14. The van der Waals surface area contributed by atoms with E-state index in [0.717, 1.165) is 28.0 Å². The van der Waals surface area contributed by atoms with E-state index in [2.05, 4.69) is 10.6 Å². The van der Waals surface area contributed by atoms with E-state index in [0.29, 0.717) is 41.6 Å². The molecule has 0 unspecified atom stereocenters. The molecule has 0 saturated heterocycles. The van der Waals surface area contributed by atoms with Crippen molar-refractivity contribution in [2.45, 2.75) is 65.8 Å². The van der Waals surface area contributed by atoms with Crippen LogP contribution in [0, 0.1) is 5.41 Å². The van der Waals surface area contributed by atoms with E-state index >= 15 is 0 Å². The Morgan fingerprint density at radius 1 is 0.745 bits per heavy atom. The average Bonchev–Trinajstić information content (AvgIpc) is 3.46. The molecule has 2 amide bonds. The van der Waals surface area contributed by atoms with E-state index in [1.54, 1.807) is 59.7 Å². The number of benzene rings is 4. The van der Waals surface area contributed by atoms with Gasteiger partial charge in [0.1, 0.15) is 29.4 Å². The Morgan fingerprint density at radius 3 is 2.00 bits per heavy atom. The number of amides is 2. The summed E-state index contributed by atoms with van der Waals surface area (Å²) in [5, 5.41) is 14.6. The van der Waals surface area contributed by atoms with Gasteiger partial charge in [-0.25, -0.2) is 9.59 Å². The maximum absolute atomic E-state index is 13.1. The first kappa shape index (κ1) is 36.4. The Labute approximate surface area is 298 Å². The van der Waals surface area contributed by atoms with Gasteiger partial charge in [0.15, 0.2) is 0 Å². The maximum atomic E-state index is 13.1. The summed E-state index contributed by atoms with van der Waals surface area (Å²) in [4.78, 5) is 38.5. The van der Waals surface area contributed by atoms with Gasteiger partial charge in [0.2, 0.25) is 0 Å². The average molecular weight is 689 g/mol. The molecule has 1 heterocycles. The Morgan fingerprint density at radius 2 is 1.37 bits per heavy atom. The minimum Gasteiger partial charge on any atom is -0.489 e. The smallest absolute Gasteiger partial charge is 0.419 e. The zero-order valence-electron chi connectivity index (χ0n) is 29.8. The fourth-order valence-electron chi connectivity index (χ4n) is 5.29. The monoisotopic (exact) mass is 688 g/mol. The molecular weight excluding hydrogens is 644 g/mol. The highest BCUT2D eigenvalue weighted by atomic mass is 16.6. The predicted octanol–water partition coefficient (Wildman–Crippen LogP) is 8.49. The van der Waals surface area contributed by atoms with Crippen LogP contribution >= 0.6 is 0 Å². The number of alkyl carbamates (subject to hydrolysis) is 1. The van der Waals surface area contributed by atoms with Crippen LogP contribution in [0.15, 0.2) is 103 Å². The molecule has 5 aromatic rings. The van der Waals surface area contributed by atoms with E-state index in [1.807, 2.05) is 78.9 Å². The van der Waals surface area contributed by atoms with E-state index in [4.69, 9.17) is 19.6 Å². The van der Waals surface area contributed by atoms with Gasteiger partial charge in [-0.2, -0.15) is 0 Å². The molecule has 10 nitrogen and oxygen atoms in total. The van der Waals surface area contributed by atoms with Gasteiger partial charge in [0.25, 0.3) is 5.91 Å². The molecule has 0 bridgehead atoms. The molecule has 10 heteroatoms. The second kappa shape index (κ2) is 15.3. The van der Waals surface area contributed by atoms with Crippen LogP contribution < -0.4 is 15.4 Å². The molecule has 3 N–H and O–H groups in total. The number of carbonyl (C=O) groups excluding carboxylic acids is 3. The number of ether oxygens (including phenoxy) is 3. The third kappa shape index (κ3) is 10.1. The lowest BCUT2D eigenvalue weighted by Gasteiger charge is -2.20. The highest BCUT2D eigenvalue weighted by Gasteiger charge is 2.24. The highest BCUT2D eigenvalue weighted by Crippen LogP contribution is 2.26. The van der Waals surface area contributed by atoms with E-state index in [1.165, 1.54) is 10.8 Å². The van der Waals surface area contributed by atoms with Crippen molar-refractivity contribution in [3.63, 3.8) is 0 Å². The molecule has 0 atom stereocenters. The molecule has 0 aliphatic carbocycles. The van der Waals surface area contributed by atoms with Gasteiger partial charge < -0.3 is 19.5 Å². The van der Waals surface area contributed by atoms with Crippen molar-refractivity contribution in [3.05, 3.63) is 126 Å². The van der Waals surface area contributed by atoms with Crippen molar-refractivity contribution in [3.8, 4) is 16.9 Å². The van der Waals surface area contributed by atoms with Gasteiger partial charge in [-0.15, -0.1) is 0 Å². The number of amidine groups is 1. The van der Waals surface area contributed by atoms with Crippen LogP contribution in [0.5, 0.6) is 5.75 Å². The molecule has 0 spiro atoms. The van der Waals surface area contributed by atoms with Crippen LogP contribution in [0.3, 0.4) is 0 Å². The summed E-state index contributed by atoms with van der Waals surface area (Å²) in [7, 11) is 0. The standard InChI is InChI=1S/C41H44N4O6/c1-40(2,3)50-38(47)44-36(42)34-25-45(39(48)51-41(4,5)6)35-21-12-27(24-33(34)35)22-23-43-37(46)31-15-13-29(14-16-31)30-17-19-32(20-18-30)49-26-28-10-8-7-9-11-28/h7-21,24-25H,22-23,26H2,1-6H3,(H,43,46)(H2,42,44,47). The van der Waals surface area contributed by atoms with E-state index < -0.39 is 23.4 Å². The SMILES string of the molecule is CC(C)(C)OC(=O)NC(=N)c1cn(C(=O)OC(C)(C)C)c2ccc(CCNC(=O)c3ccc(-c4ccc(OCc5ccccc5)cc4)cc3)cc12. The van der Waals surface area contributed by atoms with Crippen LogP contribution in [0.2, 0.25) is 0 Å². The number of aromatic nitrogens is 1. The van der Waals surface area contributed by atoms with Crippen molar-refractivity contribution in [2.75, 3.05) is 6.54 Å². The molecule has 0 aliphatic rings. The lowest BCUT2D eigenvalue weighted by Crippen LogP contribution is -2.36. The van der Waals surface area contributed by atoms with Crippen molar-refractivity contribution >= 4 is 34.8 Å². The predicted molar refractivity (Wildman–Crippen MR) is 198 cm³/mol. The summed E-state index contributed by atoms with van der Waals surface area (Å²) in [6.45, 7) is 11.4. The first-order chi connectivity index (χ1) is 24.1. The second-order valence-corrected chi connectivity index (χ2v) is 14.1. The number of hydrogen-bond acceptors (Lipinski definition) is 7. The van der Waals surface area contributed by atoms with Gasteiger partial charge in [-0.1, -0.05) is 60.7 Å². The number of rotatable bonds is 9. The topological polar surface area (TPSA) is 132 Å².